The summed E-state index contributed by atoms with van der Waals surface area (Å²) in [7, 11) is 0. The lowest BCUT2D eigenvalue weighted by Crippen LogP contribution is -1.99. The SMILES string of the molecule is C=CC(=O)OC=COc1ccc(-c2ccc(-c3ccc(OC=COC(=O)C(=C)C)c(C)c3)cc2)cc1. The summed E-state index contributed by atoms with van der Waals surface area (Å²) in [6.07, 6.45) is 6.04. The van der Waals surface area contributed by atoms with E-state index in [9.17, 15) is 9.59 Å². The van der Waals surface area contributed by atoms with E-state index in [2.05, 4.69) is 37.4 Å². The second-order valence-electron chi connectivity index (χ2n) is 7.69. The molecule has 3 aromatic rings. The topological polar surface area (TPSA) is 71.1 Å². The summed E-state index contributed by atoms with van der Waals surface area (Å²) >= 11 is 0. The van der Waals surface area contributed by atoms with Gasteiger partial charge in [-0.15, -0.1) is 0 Å². The molecule has 0 unspecified atom stereocenters. The van der Waals surface area contributed by atoms with E-state index in [1.165, 1.54) is 18.8 Å². The molecule has 0 atom stereocenters. The number of esters is 2. The highest BCUT2D eigenvalue weighted by molar-refractivity contribution is 5.87. The molecule has 0 bridgehead atoms. The fraction of sp³-hybridized carbons (Fsp3) is 0.0667. The number of hydrogen-bond acceptors (Lipinski definition) is 6. The smallest absolute Gasteiger partial charge is 0.338 e. The van der Waals surface area contributed by atoms with Crippen LogP contribution < -0.4 is 9.47 Å². The molecule has 36 heavy (non-hydrogen) atoms. The van der Waals surface area contributed by atoms with E-state index in [0.29, 0.717) is 17.1 Å². The Morgan fingerprint density at radius 3 is 1.83 bits per heavy atom. The summed E-state index contributed by atoms with van der Waals surface area (Å²) in [5, 5.41) is 0. The molecule has 0 heterocycles. The molecule has 0 spiro atoms. The average Bonchev–Trinajstić information content (AvgIpc) is 2.90. The Hall–Kier alpha value is -4.84. The van der Waals surface area contributed by atoms with Crippen LogP contribution in [0, 0.1) is 6.92 Å². The molecule has 0 aromatic heterocycles. The molecule has 6 nitrogen and oxygen atoms in total. The van der Waals surface area contributed by atoms with Crippen molar-refractivity contribution in [3.05, 3.63) is 122 Å². The first-order valence-corrected chi connectivity index (χ1v) is 11.0. The van der Waals surface area contributed by atoms with E-state index in [1.807, 2.05) is 49.4 Å². The fourth-order valence-corrected chi connectivity index (χ4v) is 3.08. The Bertz CT molecular complexity index is 1300. The molecular weight excluding hydrogens is 456 g/mol. The minimum atomic E-state index is -0.552. The summed E-state index contributed by atoms with van der Waals surface area (Å²) < 4.78 is 20.6. The van der Waals surface area contributed by atoms with Crippen molar-refractivity contribution < 1.29 is 28.5 Å². The lowest BCUT2D eigenvalue weighted by atomic mass is 9.99. The van der Waals surface area contributed by atoms with Crippen LogP contribution >= 0.6 is 0 Å². The minimum Gasteiger partial charge on any atom is -0.462 e. The number of rotatable bonds is 10. The van der Waals surface area contributed by atoms with Crippen LogP contribution in [0.4, 0.5) is 0 Å². The number of benzene rings is 3. The first kappa shape index (κ1) is 25.8. The second-order valence-corrected chi connectivity index (χ2v) is 7.69. The summed E-state index contributed by atoms with van der Waals surface area (Å²) in [4.78, 5) is 22.4. The largest absolute Gasteiger partial charge is 0.462 e. The quantitative estimate of drug-likeness (QED) is 0.178. The van der Waals surface area contributed by atoms with Gasteiger partial charge >= 0.3 is 11.9 Å². The summed E-state index contributed by atoms with van der Waals surface area (Å²) in [5.74, 6) is 0.219. The van der Waals surface area contributed by atoms with Gasteiger partial charge in [-0.05, 0) is 65.9 Å². The first-order valence-electron chi connectivity index (χ1n) is 11.0. The van der Waals surface area contributed by atoms with Crippen LogP contribution in [0.1, 0.15) is 12.5 Å². The normalized spacial score (nSPS) is 10.7. The molecule has 0 aliphatic heterocycles. The fourth-order valence-electron chi connectivity index (χ4n) is 3.08. The van der Waals surface area contributed by atoms with Crippen molar-refractivity contribution in [1.82, 2.24) is 0 Å². The van der Waals surface area contributed by atoms with Crippen molar-refractivity contribution in [1.29, 1.82) is 0 Å². The van der Waals surface area contributed by atoms with Gasteiger partial charge in [0.15, 0.2) is 0 Å². The number of ether oxygens (including phenoxy) is 4. The molecule has 0 saturated heterocycles. The Kier molecular flexibility index (Phi) is 9.00. The van der Waals surface area contributed by atoms with Crippen molar-refractivity contribution in [3.63, 3.8) is 0 Å². The molecule has 0 saturated carbocycles. The van der Waals surface area contributed by atoms with Gasteiger partial charge in [-0.25, -0.2) is 9.59 Å². The third kappa shape index (κ3) is 7.33. The average molecular weight is 483 g/mol. The third-order valence-corrected chi connectivity index (χ3v) is 4.97. The van der Waals surface area contributed by atoms with Crippen LogP contribution in [-0.2, 0) is 19.1 Å². The van der Waals surface area contributed by atoms with Crippen LogP contribution in [0.3, 0.4) is 0 Å². The van der Waals surface area contributed by atoms with E-state index >= 15 is 0 Å². The van der Waals surface area contributed by atoms with Gasteiger partial charge in [0.25, 0.3) is 0 Å². The molecule has 0 N–H and O–H groups in total. The predicted octanol–water partition coefficient (Wildman–Crippen LogP) is 6.88. The molecule has 0 aliphatic rings. The maximum atomic E-state index is 11.4. The van der Waals surface area contributed by atoms with Gasteiger partial charge in [0.05, 0.1) is 0 Å². The Morgan fingerprint density at radius 1 is 0.722 bits per heavy atom. The monoisotopic (exact) mass is 482 g/mol. The summed E-state index contributed by atoms with van der Waals surface area (Å²) in [5.41, 5.74) is 5.48. The zero-order chi connectivity index (χ0) is 25.9. The van der Waals surface area contributed by atoms with Crippen LogP contribution in [-0.4, -0.2) is 11.9 Å². The Labute approximate surface area is 210 Å². The Balaban J connectivity index is 1.61. The number of hydrogen-bond donors (Lipinski definition) is 0. The Morgan fingerprint density at radius 2 is 1.25 bits per heavy atom. The van der Waals surface area contributed by atoms with Gasteiger partial charge in [-0.3, -0.25) is 0 Å². The highest BCUT2D eigenvalue weighted by atomic mass is 16.5. The van der Waals surface area contributed by atoms with Crippen LogP contribution in [0.15, 0.2) is 117 Å². The summed E-state index contributed by atoms with van der Waals surface area (Å²) in [6, 6.07) is 21.7. The number of carbonyl (C=O) groups is 2. The second kappa shape index (κ2) is 12.6. The van der Waals surface area contributed by atoms with Gasteiger partial charge in [0.1, 0.15) is 36.5 Å². The van der Waals surface area contributed by atoms with Gasteiger partial charge in [-0.1, -0.05) is 55.6 Å². The minimum absolute atomic E-state index is 0.315. The number of aryl methyl sites for hydroxylation is 1. The van der Waals surface area contributed by atoms with E-state index < -0.39 is 11.9 Å². The van der Waals surface area contributed by atoms with Gasteiger partial charge < -0.3 is 18.9 Å². The van der Waals surface area contributed by atoms with Gasteiger partial charge in [-0.2, -0.15) is 0 Å². The molecular formula is C30H26O6. The van der Waals surface area contributed by atoms with Crippen LogP contribution in [0.2, 0.25) is 0 Å². The zero-order valence-electron chi connectivity index (χ0n) is 20.1. The van der Waals surface area contributed by atoms with Crippen molar-refractivity contribution in [2.24, 2.45) is 0 Å². The molecule has 6 heteroatoms. The van der Waals surface area contributed by atoms with E-state index in [4.69, 9.17) is 18.9 Å². The lowest BCUT2D eigenvalue weighted by molar-refractivity contribution is -0.134. The van der Waals surface area contributed by atoms with Crippen molar-refractivity contribution in [2.45, 2.75) is 13.8 Å². The van der Waals surface area contributed by atoms with E-state index in [0.717, 1.165) is 40.2 Å². The highest BCUT2D eigenvalue weighted by Gasteiger charge is 2.05. The van der Waals surface area contributed by atoms with Crippen LogP contribution in [0.25, 0.3) is 22.3 Å². The molecule has 0 aliphatic carbocycles. The molecule has 182 valence electrons. The van der Waals surface area contributed by atoms with Crippen molar-refractivity contribution in [3.8, 4) is 33.8 Å². The first-order chi connectivity index (χ1) is 17.4. The van der Waals surface area contributed by atoms with E-state index in [1.54, 1.807) is 6.92 Å². The van der Waals surface area contributed by atoms with Crippen LogP contribution in [0.5, 0.6) is 11.5 Å². The van der Waals surface area contributed by atoms with Crippen molar-refractivity contribution >= 4 is 11.9 Å². The maximum Gasteiger partial charge on any atom is 0.338 e. The predicted molar refractivity (Wildman–Crippen MR) is 139 cm³/mol. The zero-order valence-corrected chi connectivity index (χ0v) is 20.1. The maximum absolute atomic E-state index is 11.4. The van der Waals surface area contributed by atoms with Gasteiger partial charge in [0.2, 0.25) is 0 Å². The molecule has 0 radical (unpaired) electrons. The lowest BCUT2D eigenvalue weighted by Gasteiger charge is -2.09. The third-order valence-electron chi connectivity index (χ3n) is 4.97. The molecule has 3 aromatic carbocycles. The van der Waals surface area contributed by atoms with E-state index in [-0.39, 0.29) is 0 Å². The molecule has 3 rings (SSSR count). The molecule has 0 amide bonds. The standard InChI is InChI=1S/C30H26O6/c1-5-29(31)35-18-16-33-27-13-10-24(11-14-27)23-6-8-25(9-7-23)26-12-15-28(22(4)20-26)34-17-19-36-30(32)21(2)3/h5-20H,1-2H2,3-4H3. The summed E-state index contributed by atoms with van der Waals surface area (Å²) in [6.45, 7) is 10.4. The molecule has 0 fully saturated rings. The highest BCUT2D eigenvalue weighted by Crippen LogP contribution is 2.29. The van der Waals surface area contributed by atoms with Gasteiger partial charge in [0, 0.05) is 11.6 Å². The number of carbonyl (C=O) groups excluding carboxylic acids is 2. The van der Waals surface area contributed by atoms with Crippen molar-refractivity contribution in [2.75, 3.05) is 0 Å².